The van der Waals surface area contributed by atoms with Gasteiger partial charge in [0.1, 0.15) is 11.6 Å². The molecule has 2 N–H and O–H groups in total. The molecule has 1 aliphatic heterocycles. The Labute approximate surface area is 159 Å². The van der Waals surface area contributed by atoms with Crippen molar-refractivity contribution in [1.82, 2.24) is 20.5 Å². The fourth-order valence-electron chi connectivity index (χ4n) is 3.47. The highest BCUT2D eigenvalue weighted by Crippen LogP contribution is 2.25. The molecule has 4 rings (SSSR count). The van der Waals surface area contributed by atoms with Gasteiger partial charge in [-0.05, 0) is 36.6 Å². The fraction of sp³-hybridized carbons (Fsp3) is 0.333. The first-order valence-corrected chi connectivity index (χ1v) is 9.41. The van der Waals surface area contributed by atoms with Crippen LogP contribution in [0.15, 0.2) is 48.8 Å². The molecule has 1 aliphatic rings. The van der Waals surface area contributed by atoms with Crippen molar-refractivity contribution >= 4 is 5.82 Å². The quantitative estimate of drug-likeness (QED) is 0.674. The summed E-state index contributed by atoms with van der Waals surface area (Å²) in [6.45, 7) is 3.75. The normalized spacial score (nSPS) is 13.9. The number of aromatic amines is 1. The molecule has 2 aromatic heterocycles. The Morgan fingerprint density at radius 1 is 1.11 bits per heavy atom. The number of aromatic nitrogens is 3. The van der Waals surface area contributed by atoms with Crippen molar-refractivity contribution in [3.8, 4) is 17.0 Å². The van der Waals surface area contributed by atoms with Gasteiger partial charge in [-0.2, -0.15) is 5.10 Å². The van der Waals surface area contributed by atoms with Crippen LogP contribution in [-0.4, -0.2) is 35.4 Å². The second-order valence-electron chi connectivity index (χ2n) is 6.82. The average molecular weight is 363 g/mol. The van der Waals surface area contributed by atoms with E-state index in [2.05, 4.69) is 43.6 Å². The number of nitrogens with zero attached hydrogens (tertiary/aromatic N) is 3. The molecule has 0 unspecified atom stereocenters. The molecule has 1 saturated heterocycles. The van der Waals surface area contributed by atoms with E-state index < -0.39 is 0 Å². The molecule has 0 spiro atoms. The predicted molar refractivity (Wildman–Crippen MR) is 107 cm³/mol. The molecule has 0 radical (unpaired) electrons. The van der Waals surface area contributed by atoms with Gasteiger partial charge in [-0.1, -0.05) is 18.2 Å². The zero-order valence-corrected chi connectivity index (χ0v) is 15.6. The minimum atomic E-state index is 0.733. The van der Waals surface area contributed by atoms with Gasteiger partial charge in [0.15, 0.2) is 0 Å². The van der Waals surface area contributed by atoms with E-state index in [0.717, 1.165) is 54.6 Å². The Morgan fingerprint density at radius 3 is 2.78 bits per heavy atom. The van der Waals surface area contributed by atoms with E-state index in [1.165, 1.54) is 18.4 Å². The van der Waals surface area contributed by atoms with Crippen LogP contribution in [0.25, 0.3) is 11.3 Å². The zero-order chi connectivity index (χ0) is 18.5. The van der Waals surface area contributed by atoms with Gasteiger partial charge in [-0.25, -0.2) is 4.98 Å². The molecule has 0 amide bonds. The van der Waals surface area contributed by atoms with Crippen molar-refractivity contribution < 1.29 is 4.74 Å². The summed E-state index contributed by atoms with van der Waals surface area (Å²) in [5.74, 6) is 1.93. The predicted octanol–water partition coefficient (Wildman–Crippen LogP) is 3.37. The molecule has 6 heteroatoms. The monoisotopic (exact) mass is 363 g/mol. The highest BCUT2D eigenvalue weighted by molar-refractivity contribution is 5.64. The van der Waals surface area contributed by atoms with Gasteiger partial charge < -0.3 is 15.0 Å². The molecule has 1 fully saturated rings. The third-order valence-electron chi connectivity index (χ3n) is 4.96. The van der Waals surface area contributed by atoms with Crippen molar-refractivity contribution in [1.29, 1.82) is 0 Å². The Balaban J connectivity index is 1.36. The van der Waals surface area contributed by atoms with Gasteiger partial charge in [0.05, 0.1) is 19.0 Å². The van der Waals surface area contributed by atoms with Crippen LogP contribution in [0.5, 0.6) is 5.75 Å². The molecule has 0 aliphatic carbocycles. The van der Waals surface area contributed by atoms with Crippen molar-refractivity contribution in [3.63, 3.8) is 0 Å². The number of hydrogen-bond acceptors (Lipinski definition) is 5. The maximum Gasteiger partial charge on any atom is 0.128 e. The molecule has 1 aromatic carbocycles. The third-order valence-corrected chi connectivity index (χ3v) is 4.96. The number of pyridine rings is 1. The second kappa shape index (κ2) is 8.22. The van der Waals surface area contributed by atoms with Crippen LogP contribution >= 0.6 is 0 Å². The van der Waals surface area contributed by atoms with Gasteiger partial charge in [0.2, 0.25) is 0 Å². The Kier molecular flexibility index (Phi) is 5.34. The number of nitrogens with one attached hydrogen (secondary N) is 2. The van der Waals surface area contributed by atoms with Crippen LogP contribution in [0.4, 0.5) is 5.82 Å². The van der Waals surface area contributed by atoms with Crippen molar-refractivity contribution in [2.45, 2.75) is 25.9 Å². The number of H-pyrrole nitrogens is 1. The van der Waals surface area contributed by atoms with Crippen LogP contribution < -0.4 is 15.0 Å². The SMILES string of the molecule is COc1cccc(-c2[nH]ncc2CNCc2ccc(N3CCCC3)nc2)c1. The van der Waals surface area contributed by atoms with Crippen molar-refractivity contribution in [2.24, 2.45) is 0 Å². The van der Waals surface area contributed by atoms with Gasteiger partial charge in [-0.3, -0.25) is 5.10 Å². The standard InChI is InChI=1S/C21H25N5O/c1-27-19-6-4-5-17(11-19)21-18(15-24-25-21)14-22-12-16-7-8-20(23-13-16)26-9-2-3-10-26/h4-8,11,13,15,22H,2-3,9-10,12,14H2,1H3,(H,24,25). The number of rotatable bonds is 7. The maximum absolute atomic E-state index is 5.32. The first kappa shape index (κ1) is 17.5. The number of methoxy groups -OCH3 is 1. The van der Waals surface area contributed by atoms with E-state index >= 15 is 0 Å². The Bertz CT molecular complexity index is 868. The van der Waals surface area contributed by atoms with Crippen LogP contribution in [0.3, 0.4) is 0 Å². The lowest BCUT2D eigenvalue weighted by molar-refractivity contribution is 0.415. The zero-order valence-electron chi connectivity index (χ0n) is 15.6. The highest BCUT2D eigenvalue weighted by Gasteiger charge is 2.13. The summed E-state index contributed by atoms with van der Waals surface area (Å²) in [5.41, 5.74) is 4.40. The number of anilines is 1. The number of hydrogen-bond donors (Lipinski definition) is 2. The first-order valence-electron chi connectivity index (χ1n) is 9.41. The van der Waals surface area contributed by atoms with E-state index in [1.807, 2.05) is 30.6 Å². The molecule has 6 nitrogen and oxygen atoms in total. The maximum atomic E-state index is 5.32. The molecule has 140 valence electrons. The van der Waals surface area contributed by atoms with Crippen molar-refractivity contribution in [3.05, 3.63) is 59.9 Å². The molecular formula is C21H25N5O. The summed E-state index contributed by atoms with van der Waals surface area (Å²) in [7, 11) is 1.68. The van der Waals surface area contributed by atoms with Crippen LogP contribution in [0, 0.1) is 0 Å². The minimum Gasteiger partial charge on any atom is -0.497 e. The van der Waals surface area contributed by atoms with Gasteiger partial charge in [0, 0.05) is 43.5 Å². The lowest BCUT2D eigenvalue weighted by atomic mass is 10.1. The molecule has 0 saturated carbocycles. The van der Waals surface area contributed by atoms with Gasteiger partial charge >= 0.3 is 0 Å². The Hall–Kier alpha value is -2.86. The van der Waals surface area contributed by atoms with E-state index in [4.69, 9.17) is 4.74 Å². The van der Waals surface area contributed by atoms with E-state index in [0.29, 0.717) is 0 Å². The summed E-state index contributed by atoms with van der Waals surface area (Å²) >= 11 is 0. The largest absolute Gasteiger partial charge is 0.497 e. The van der Waals surface area contributed by atoms with Crippen LogP contribution in [0.1, 0.15) is 24.0 Å². The number of ether oxygens (including phenoxy) is 1. The summed E-state index contributed by atoms with van der Waals surface area (Å²) in [6, 6.07) is 12.3. The summed E-state index contributed by atoms with van der Waals surface area (Å²) in [6.07, 6.45) is 6.38. The smallest absolute Gasteiger partial charge is 0.128 e. The third kappa shape index (κ3) is 4.11. The lowest BCUT2D eigenvalue weighted by Gasteiger charge is -2.16. The topological polar surface area (TPSA) is 66.1 Å². The van der Waals surface area contributed by atoms with Crippen molar-refractivity contribution in [2.75, 3.05) is 25.1 Å². The van der Waals surface area contributed by atoms with E-state index in [-0.39, 0.29) is 0 Å². The van der Waals surface area contributed by atoms with Crippen LogP contribution in [0.2, 0.25) is 0 Å². The first-order chi connectivity index (χ1) is 13.3. The second-order valence-corrected chi connectivity index (χ2v) is 6.82. The number of benzene rings is 1. The summed E-state index contributed by atoms with van der Waals surface area (Å²) in [4.78, 5) is 6.96. The van der Waals surface area contributed by atoms with Gasteiger partial charge in [0.25, 0.3) is 0 Å². The minimum absolute atomic E-state index is 0.733. The highest BCUT2D eigenvalue weighted by atomic mass is 16.5. The van der Waals surface area contributed by atoms with Gasteiger partial charge in [-0.15, -0.1) is 0 Å². The van der Waals surface area contributed by atoms with E-state index in [1.54, 1.807) is 7.11 Å². The summed E-state index contributed by atoms with van der Waals surface area (Å²) < 4.78 is 5.32. The molecule has 0 atom stereocenters. The Morgan fingerprint density at radius 2 is 2.00 bits per heavy atom. The molecule has 0 bridgehead atoms. The molecule has 27 heavy (non-hydrogen) atoms. The molecular weight excluding hydrogens is 338 g/mol. The van der Waals surface area contributed by atoms with E-state index in [9.17, 15) is 0 Å². The summed E-state index contributed by atoms with van der Waals surface area (Å²) in [5, 5.41) is 10.8. The molecule has 3 aromatic rings. The lowest BCUT2D eigenvalue weighted by Crippen LogP contribution is -2.19. The molecule has 3 heterocycles. The van der Waals surface area contributed by atoms with Crippen LogP contribution in [-0.2, 0) is 13.1 Å². The average Bonchev–Trinajstić information content (AvgIpc) is 3.41. The fourth-order valence-corrected chi connectivity index (χ4v) is 3.47.